The lowest BCUT2D eigenvalue weighted by molar-refractivity contribution is 0.103. The average Bonchev–Trinajstić information content (AvgIpc) is 2.84. The Morgan fingerprint density at radius 3 is 2.50 bits per heavy atom. The second kappa shape index (κ2) is 5.84. The third-order valence-electron chi connectivity index (χ3n) is 2.54. The normalized spacial score (nSPS) is 11.5. The number of ketones is 1. The Morgan fingerprint density at radius 1 is 1.25 bits per heavy atom. The van der Waals surface area contributed by atoms with Crippen LogP contribution in [0.25, 0.3) is 0 Å². The highest BCUT2D eigenvalue weighted by atomic mass is 79.9. The van der Waals surface area contributed by atoms with Crippen molar-refractivity contribution in [1.29, 1.82) is 0 Å². The fraction of sp³-hybridized carbons (Fsp3) is 0.167. The van der Waals surface area contributed by atoms with Crippen LogP contribution in [0.1, 0.15) is 16.1 Å². The maximum atomic E-state index is 12.4. The van der Waals surface area contributed by atoms with Crippen molar-refractivity contribution in [2.45, 2.75) is 6.54 Å². The molecule has 0 unspecified atom stereocenters. The average molecular weight is 361 g/mol. The van der Waals surface area contributed by atoms with Crippen molar-refractivity contribution in [2.24, 2.45) is 0 Å². The van der Waals surface area contributed by atoms with Crippen LogP contribution in [0, 0.1) is 0 Å². The summed E-state index contributed by atoms with van der Waals surface area (Å²) >= 11 is 3.27. The summed E-state index contributed by atoms with van der Waals surface area (Å²) in [6.45, 7) is -0.132. The van der Waals surface area contributed by atoms with Gasteiger partial charge in [0.25, 0.3) is 0 Å². The highest BCUT2D eigenvalue weighted by Crippen LogP contribution is 2.13. The van der Waals surface area contributed by atoms with Crippen LogP contribution in [-0.4, -0.2) is 29.7 Å². The van der Waals surface area contributed by atoms with Crippen molar-refractivity contribution >= 4 is 31.9 Å². The molecule has 8 heteroatoms. The van der Waals surface area contributed by atoms with E-state index in [0.717, 1.165) is 4.47 Å². The SMILES string of the molecule is O=C(c1ccc(Br)cc1)c1ccn(CCS(=O)(=O)F)n1. The summed E-state index contributed by atoms with van der Waals surface area (Å²) in [6.07, 6.45) is 1.44. The molecule has 1 aromatic heterocycles. The summed E-state index contributed by atoms with van der Waals surface area (Å²) in [5.74, 6) is -0.944. The topological polar surface area (TPSA) is 69.0 Å². The highest BCUT2D eigenvalue weighted by Gasteiger charge is 2.13. The first-order chi connectivity index (χ1) is 9.35. The number of halogens is 2. The highest BCUT2D eigenvalue weighted by molar-refractivity contribution is 9.10. The number of carbonyl (C=O) groups is 1. The summed E-state index contributed by atoms with van der Waals surface area (Å²) < 4.78 is 35.3. The molecule has 0 saturated carbocycles. The minimum absolute atomic E-state index is 0.132. The predicted molar refractivity (Wildman–Crippen MR) is 74.7 cm³/mol. The molecule has 20 heavy (non-hydrogen) atoms. The molecule has 0 saturated heterocycles. The van der Waals surface area contributed by atoms with E-state index in [0.29, 0.717) is 5.56 Å². The Bertz CT molecular complexity index is 725. The van der Waals surface area contributed by atoms with Gasteiger partial charge in [0.05, 0.1) is 12.3 Å². The number of aromatic nitrogens is 2. The Hall–Kier alpha value is -1.54. The van der Waals surface area contributed by atoms with Gasteiger partial charge in [-0.15, -0.1) is 3.89 Å². The summed E-state index contributed by atoms with van der Waals surface area (Å²) in [5.41, 5.74) is 0.653. The molecule has 0 amide bonds. The summed E-state index contributed by atoms with van der Waals surface area (Å²) in [4.78, 5) is 12.1. The number of nitrogens with zero attached hydrogens (tertiary/aromatic N) is 2. The number of aryl methyl sites for hydroxylation is 1. The van der Waals surface area contributed by atoms with Crippen molar-refractivity contribution in [3.05, 3.63) is 52.3 Å². The molecule has 0 atom stereocenters. The number of rotatable bonds is 5. The smallest absolute Gasteiger partial charge is 0.287 e. The number of hydrogen-bond donors (Lipinski definition) is 0. The van der Waals surface area contributed by atoms with E-state index in [2.05, 4.69) is 21.0 Å². The van der Waals surface area contributed by atoms with Crippen LogP contribution in [-0.2, 0) is 16.8 Å². The monoisotopic (exact) mass is 360 g/mol. The Labute approximate surface area is 123 Å². The second-order valence-corrected chi connectivity index (χ2v) is 6.44. The van der Waals surface area contributed by atoms with Gasteiger partial charge in [0.1, 0.15) is 5.69 Å². The number of hydrogen-bond acceptors (Lipinski definition) is 4. The van der Waals surface area contributed by atoms with Crippen LogP contribution in [0.5, 0.6) is 0 Å². The summed E-state index contributed by atoms with van der Waals surface area (Å²) in [7, 11) is -4.54. The lowest BCUT2D eigenvalue weighted by Gasteiger charge is -1.99. The molecule has 2 rings (SSSR count). The van der Waals surface area contributed by atoms with Gasteiger partial charge >= 0.3 is 10.2 Å². The Balaban J connectivity index is 2.12. The molecule has 0 radical (unpaired) electrons. The Kier molecular flexibility index (Phi) is 4.34. The van der Waals surface area contributed by atoms with Gasteiger partial charge in [-0.3, -0.25) is 9.48 Å². The van der Waals surface area contributed by atoms with E-state index in [1.165, 1.54) is 16.9 Å². The van der Waals surface area contributed by atoms with Crippen LogP contribution in [0.3, 0.4) is 0 Å². The molecular weight excluding hydrogens is 351 g/mol. The molecule has 0 aliphatic rings. The van der Waals surface area contributed by atoms with Gasteiger partial charge in [-0.2, -0.15) is 13.5 Å². The number of benzene rings is 1. The van der Waals surface area contributed by atoms with Crippen molar-refractivity contribution in [3.8, 4) is 0 Å². The lowest BCUT2D eigenvalue weighted by atomic mass is 10.1. The predicted octanol–water partition coefficient (Wildman–Crippen LogP) is 2.18. The number of carbonyl (C=O) groups excluding carboxylic acids is 1. The summed E-state index contributed by atoms with van der Waals surface area (Å²) in [6, 6.07) is 8.24. The van der Waals surface area contributed by atoms with Gasteiger partial charge in [-0.25, -0.2) is 0 Å². The molecule has 106 valence electrons. The van der Waals surface area contributed by atoms with Crippen LogP contribution in [0.15, 0.2) is 41.0 Å². The molecule has 0 N–H and O–H groups in total. The zero-order chi connectivity index (χ0) is 14.8. The minimum Gasteiger partial charge on any atom is -0.287 e. The van der Waals surface area contributed by atoms with Gasteiger partial charge in [0.15, 0.2) is 0 Å². The summed E-state index contributed by atoms with van der Waals surface area (Å²) in [5, 5.41) is 3.94. The molecule has 0 aliphatic heterocycles. The Morgan fingerprint density at radius 2 is 1.90 bits per heavy atom. The van der Waals surface area contributed by atoms with E-state index >= 15 is 0 Å². The van der Waals surface area contributed by atoms with Gasteiger partial charge in [-0.1, -0.05) is 15.9 Å². The van der Waals surface area contributed by atoms with Crippen LogP contribution in [0.2, 0.25) is 0 Å². The first-order valence-corrected chi connectivity index (χ1v) is 7.96. The van der Waals surface area contributed by atoms with Crippen LogP contribution in [0.4, 0.5) is 3.89 Å². The van der Waals surface area contributed by atoms with E-state index in [1.54, 1.807) is 24.3 Å². The largest absolute Gasteiger partial charge is 0.304 e. The zero-order valence-electron chi connectivity index (χ0n) is 10.2. The second-order valence-electron chi connectivity index (χ2n) is 4.04. The van der Waals surface area contributed by atoms with Gasteiger partial charge in [0, 0.05) is 16.2 Å². The first kappa shape index (κ1) is 14.9. The molecule has 1 heterocycles. The van der Waals surface area contributed by atoms with E-state index in [9.17, 15) is 17.1 Å². The lowest BCUT2D eigenvalue weighted by Crippen LogP contribution is -2.10. The van der Waals surface area contributed by atoms with Crippen molar-refractivity contribution in [2.75, 3.05) is 5.75 Å². The fourth-order valence-corrected chi connectivity index (χ4v) is 2.23. The molecular formula is C12H10BrFN2O3S. The third-order valence-corrected chi connectivity index (χ3v) is 3.74. The maximum absolute atomic E-state index is 12.4. The van der Waals surface area contributed by atoms with E-state index < -0.39 is 16.0 Å². The molecule has 0 fully saturated rings. The molecule has 0 spiro atoms. The molecule has 5 nitrogen and oxygen atoms in total. The van der Waals surface area contributed by atoms with E-state index in [1.807, 2.05) is 0 Å². The third kappa shape index (κ3) is 3.97. The molecule has 1 aromatic carbocycles. The van der Waals surface area contributed by atoms with E-state index in [-0.39, 0.29) is 18.0 Å². The van der Waals surface area contributed by atoms with Crippen molar-refractivity contribution in [1.82, 2.24) is 9.78 Å². The van der Waals surface area contributed by atoms with Gasteiger partial charge in [-0.05, 0) is 30.3 Å². The standard InChI is InChI=1S/C12H10BrFN2O3S/c13-10-3-1-9(2-4-10)12(17)11-5-6-16(15-11)7-8-20(14,18)19/h1-6H,7-8H2. The maximum Gasteiger partial charge on any atom is 0.304 e. The van der Waals surface area contributed by atoms with Gasteiger partial charge in [0.2, 0.25) is 5.78 Å². The van der Waals surface area contributed by atoms with Crippen LogP contribution >= 0.6 is 15.9 Å². The van der Waals surface area contributed by atoms with Crippen molar-refractivity contribution in [3.63, 3.8) is 0 Å². The molecule has 0 bridgehead atoms. The van der Waals surface area contributed by atoms with Crippen molar-refractivity contribution < 1.29 is 17.1 Å². The quantitative estimate of drug-likeness (QED) is 0.605. The zero-order valence-corrected chi connectivity index (χ0v) is 12.6. The molecule has 2 aromatic rings. The van der Waals surface area contributed by atoms with E-state index in [4.69, 9.17) is 0 Å². The first-order valence-electron chi connectivity index (χ1n) is 5.61. The molecule has 0 aliphatic carbocycles. The van der Waals surface area contributed by atoms with Gasteiger partial charge < -0.3 is 0 Å². The fourth-order valence-electron chi connectivity index (χ4n) is 1.56. The van der Waals surface area contributed by atoms with Crippen LogP contribution < -0.4 is 0 Å². The minimum atomic E-state index is -4.54.